The summed E-state index contributed by atoms with van der Waals surface area (Å²) in [6, 6.07) is -0.942. The van der Waals surface area contributed by atoms with Crippen LogP contribution in [0.25, 0.3) is 0 Å². The van der Waals surface area contributed by atoms with E-state index >= 15 is 0 Å². The molecule has 69 heavy (non-hydrogen) atoms. The highest BCUT2D eigenvalue weighted by molar-refractivity contribution is 5.76. The summed E-state index contributed by atoms with van der Waals surface area (Å²) in [4.78, 5) is 13.2. The molecule has 14 heteroatoms. The molecule has 2 fully saturated rings. The van der Waals surface area contributed by atoms with E-state index in [9.17, 15) is 45.6 Å². The van der Waals surface area contributed by atoms with Crippen molar-refractivity contribution < 1.29 is 64.6 Å². The molecule has 0 spiro atoms. The van der Waals surface area contributed by atoms with Crippen molar-refractivity contribution in [1.29, 1.82) is 0 Å². The Bertz CT molecular complexity index is 1340. The van der Waals surface area contributed by atoms with E-state index in [0.717, 1.165) is 64.2 Å². The largest absolute Gasteiger partial charge is 0.394 e. The Morgan fingerprint density at radius 3 is 1.42 bits per heavy atom. The second-order valence-corrected chi connectivity index (χ2v) is 19.3. The average Bonchev–Trinajstić information content (AvgIpc) is 3.35. The van der Waals surface area contributed by atoms with E-state index in [1.165, 1.54) is 103 Å². The number of carbonyl (C=O) groups is 1. The normalized spacial score (nSPS) is 26.5. The summed E-state index contributed by atoms with van der Waals surface area (Å²) in [6.45, 7) is 2.75. The minimum atomic E-state index is -1.79. The number of nitrogens with one attached hydrogen (secondary N) is 1. The third kappa shape index (κ3) is 28.1. The molecular formula is C55H99NO13. The first-order valence-electron chi connectivity index (χ1n) is 27.4. The van der Waals surface area contributed by atoms with E-state index in [0.29, 0.717) is 12.8 Å². The summed E-state index contributed by atoms with van der Waals surface area (Å²) in [6.07, 6.45) is 32.9. The molecule has 2 aliphatic rings. The maximum atomic E-state index is 13.2. The Morgan fingerprint density at radius 2 is 0.928 bits per heavy atom. The van der Waals surface area contributed by atoms with Crippen LogP contribution >= 0.6 is 0 Å². The Hall–Kier alpha value is -2.05. The molecule has 2 rings (SSSR count). The summed E-state index contributed by atoms with van der Waals surface area (Å²) < 4.78 is 22.7. The lowest BCUT2D eigenvalue weighted by molar-refractivity contribution is -0.359. The van der Waals surface area contributed by atoms with E-state index in [1.807, 2.05) is 6.08 Å². The van der Waals surface area contributed by atoms with Crippen LogP contribution in [0.5, 0.6) is 0 Å². The molecule has 12 atom stereocenters. The molecule has 2 saturated heterocycles. The molecule has 0 saturated carbocycles. The number of hydrogen-bond acceptors (Lipinski definition) is 13. The van der Waals surface area contributed by atoms with Gasteiger partial charge in [0, 0.05) is 6.42 Å². The van der Waals surface area contributed by atoms with Crippen LogP contribution in [0.15, 0.2) is 48.6 Å². The first kappa shape index (κ1) is 63.1. The smallest absolute Gasteiger partial charge is 0.220 e. The van der Waals surface area contributed by atoms with Crippen molar-refractivity contribution in [1.82, 2.24) is 5.32 Å². The van der Waals surface area contributed by atoms with Crippen molar-refractivity contribution in [2.45, 2.75) is 274 Å². The van der Waals surface area contributed by atoms with E-state index in [2.05, 4.69) is 55.6 Å². The average molecular weight is 982 g/mol. The van der Waals surface area contributed by atoms with Gasteiger partial charge in [-0.1, -0.05) is 172 Å². The highest BCUT2D eigenvalue weighted by Crippen LogP contribution is 2.30. The van der Waals surface area contributed by atoms with Gasteiger partial charge in [-0.15, -0.1) is 0 Å². The SMILES string of the molecule is CCCCCCCC/C=C\CCCCCCCC(=O)NC(COC1OC(CO)C(OC2OC(CO)C(O)C(O)C2O)C(O)C1O)C(O)/C=C/CC/C=C/CC/C=C/CCCCCCCCCCCC. The zero-order valence-electron chi connectivity index (χ0n) is 42.8. The number of hydrogen-bond donors (Lipinski definition) is 9. The lowest BCUT2D eigenvalue weighted by atomic mass is 9.97. The first-order valence-corrected chi connectivity index (χ1v) is 27.4. The van der Waals surface area contributed by atoms with Crippen LogP contribution in [0.2, 0.25) is 0 Å². The molecule has 12 unspecified atom stereocenters. The van der Waals surface area contributed by atoms with Crippen LogP contribution in [0.3, 0.4) is 0 Å². The maximum Gasteiger partial charge on any atom is 0.220 e. The Morgan fingerprint density at radius 1 is 0.507 bits per heavy atom. The molecule has 0 aliphatic carbocycles. The fourth-order valence-corrected chi connectivity index (χ4v) is 8.73. The zero-order valence-corrected chi connectivity index (χ0v) is 42.8. The van der Waals surface area contributed by atoms with Gasteiger partial charge in [0.2, 0.25) is 5.91 Å². The van der Waals surface area contributed by atoms with Crippen molar-refractivity contribution in [2.24, 2.45) is 0 Å². The predicted molar refractivity (Wildman–Crippen MR) is 272 cm³/mol. The van der Waals surface area contributed by atoms with Crippen molar-refractivity contribution in [3.8, 4) is 0 Å². The monoisotopic (exact) mass is 982 g/mol. The Balaban J connectivity index is 1.85. The molecule has 2 heterocycles. The van der Waals surface area contributed by atoms with Crippen LogP contribution in [-0.4, -0.2) is 140 Å². The summed E-state index contributed by atoms with van der Waals surface area (Å²) in [5.74, 6) is -0.263. The van der Waals surface area contributed by atoms with Gasteiger partial charge < -0.3 is 65.1 Å². The number of aliphatic hydroxyl groups excluding tert-OH is 8. The Kier molecular flexibility index (Phi) is 37.9. The lowest BCUT2D eigenvalue weighted by Crippen LogP contribution is -2.65. The molecule has 14 nitrogen and oxygen atoms in total. The van der Waals surface area contributed by atoms with Gasteiger partial charge in [-0.3, -0.25) is 4.79 Å². The molecule has 0 aromatic heterocycles. The highest BCUT2D eigenvalue weighted by Gasteiger charge is 2.51. The molecule has 0 radical (unpaired) electrons. The van der Waals surface area contributed by atoms with E-state index in [4.69, 9.17) is 18.9 Å². The molecule has 2 aliphatic heterocycles. The quantitative estimate of drug-likeness (QED) is 0.0209. The molecular weight excluding hydrogens is 883 g/mol. The highest BCUT2D eigenvalue weighted by atomic mass is 16.7. The topological polar surface area (TPSA) is 228 Å². The van der Waals surface area contributed by atoms with Gasteiger partial charge in [-0.25, -0.2) is 0 Å². The lowest BCUT2D eigenvalue weighted by Gasteiger charge is -2.46. The zero-order chi connectivity index (χ0) is 50.3. The van der Waals surface area contributed by atoms with Gasteiger partial charge in [0.25, 0.3) is 0 Å². The molecule has 0 aromatic rings. The van der Waals surface area contributed by atoms with Crippen LogP contribution < -0.4 is 5.32 Å². The summed E-state index contributed by atoms with van der Waals surface area (Å²) in [5, 5.41) is 86.8. The summed E-state index contributed by atoms with van der Waals surface area (Å²) in [5.41, 5.74) is 0. The van der Waals surface area contributed by atoms with Crippen LogP contribution in [-0.2, 0) is 23.7 Å². The third-order valence-electron chi connectivity index (χ3n) is 13.2. The number of carbonyl (C=O) groups excluding carboxylic acids is 1. The van der Waals surface area contributed by atoms with Crippen molar-refractivity contribution in [3.63, 3.8) is 0 Å². The van der Waals surface area contributed by atoms with Crippen molar-refractivity contribution in [3.05, 3.63) is 48.6 Å². The van der Waals surface area contributed by atoms with Gasteiger partial charge in [0.05, 0.1) is 32.0 Å². The Labute approximate surface area is 416 Å². The predicted octanol–water partition coefficient (Wildman–Crippen LogP) is 8.05. The van der Waals surface area contributed by atoms with Gasteiger partial charge in [-0.2, -0.15) is 0 Å². The molecule has 0 bridgehead atoms. The minimum absolute atomic E-state index is 0.259. The number of aliphatic hydroxyl groups is 8. The van der Waals surface area contributed by atoms with Gasteiger partial charge >= 0.3 is 0 Å². The van der Waals surface area contributed by atoms with Crippen LogP contribution in [0.4, 0.5) is 0 Å². The van der Waals surface area contributed by atoms with Gasteiger partial charge in [0.15, 0.2) is 12.6 Å². The van der Waals surface area contributed by atoms with Crippen molar-refractivity contribution in [2.75, 3.05) is 19.8 Å². The third-order valence-corrected chi connectivity index (χ3v) is 13.2. The molecule has 9 N–H and O–H groups in total. The second-order valence-electron chi connectivity index (χ2n) is 19.3. The molecule has 402 valence electrons. The number of unbranched alkanes of at least 4 members (excludes halogenated alkanes) is 23. The summed E-state index contributed by atoms with van der Waals surface area (Å²) in [7, 11) is 0. The minimum Gasteiger partial charge on any atom is -0.394 e. The number of allylic oxidation sites excluding steroid dienone is 7. The molecule has 1 amide bonds. The van der Waals surface area contributed by atoms with Crippen LogP contribution in [0.1, 0.15) is 200 Å². The molecule has 0 aromatic carbocycles. The fraction of sp³-hybridized carbons (Fsp3) is 0.836. The number of rotatable bonds is 42. The number of amides is 1. The van der Waals surface area contributed by atoms with E-state index < -0.39 is 86.8 Å². The number of ether oxygens (including phenoxy) is 4. The standard InChI is InChI=1S/C55H99NO13/c1-3-5-7-9-11-13-15-17-19-20-21-22-23-25-26-28-30-32-34-36-38-44(59)43(56-47(60)39-37-35-33-31-29-27-24-18-16-14-12-10-8-6-4-2)42-66-54-52(65)50(63)53(46(41-58)68-54)69-55-51(64)49(62)48(61)45(40-57)67-55/h18,22-24,28,30,36,38,43-46,48-55,57-59,61-65H,3-17,19-21,25-27,29,31-35,37,39-42H2,1-2H3,(H,56,60)/b23-22+,24-18-,30-28+,38-36+. The van der Waals surface area contributed by atoms with Gasteiger partial charge in [0.1, 0.15) is 48.8 Å². The summed E-state index contributed by atoms with van der Waals surface area (Å²) >= 11 is 0. The van der Waals surface area contributed by atoms with Gasteiger partial charge in [-0.05, 0) is 70.6 Å². The van der Waals surface area contributed by atoms with E-state index in [-0.39, 0.29) is 18.9 Å². The first-order chi connectivity index (χ1) is 33.6. The second kappa shape index (κ2) is 41.4. The fourth-order valence-electron chi connectivity index (χ4n) is 8.73. The maximum absolute atomic E-state index is 13.2. The van der Waals surface area contributed by atoms with Crippen molar-refractivity contribution >= 4 is 5.91 Å². The van der Waals surface area contributed by atoms with Crippen LogP contribution in [0, 0.1) is 0 Å². The van der Waals surface area contributed by atoms with E-state index in [1.54, 1.807) is 6.08 Å².